The number of pyridine rings is 2. The maximum absolute atomic E-state index is 4.01. The van der Waals surface area contributed by atoms with Gasteiger partial charge >= 0.3 is 0 Å². The van der Waals surface area contributed by atoms with Gasteiger partial charge in [-0.15, -0.1) is 0 Å². The van der Waals surface area contributed by atoms with Gasteiger partial charge in [0.25, 0.3) is 0 Å². The molecule has 0 saturated carbocycles. The molecule has 0 aliphatic heterocycles. The number of nitrogens with zero attached hydrogens (tertiary/aromatic N) is 2. The first-order valence-electron chi connectivity index (χ1n) is 8.23. The Labute approximate surface area is 133 Å². The van der Waals surface area contributed by atoms with Gasteiger partial charge in [-0.25, -0.2) is 0 Å². The lowest BCUT2D eigenvalue weighted by atomic mass is 10.1. The fourth-order valence-electron chi connectivity index (χ4n) is 2.36. The molecule has 0 aliphatic rings. The van der Waals surface area contributed by atoms with Crippen LogP contribution in [-0.2, 0) is 0 Å². The van der Waals surface area contributed by atoms with E-state index in [1.54, 1.807) is 0 Å². The molecule has 0 aromatic carbocycles. The molecular formula is C18H26N4. The van der Waals surface area contributed by atoms with Crippen molar-refractivity contribution in [1.82, 2.24) is 9.97 Å². The van der Waals surface area contributed by atoms with Crippen LogP contribution < -0.4 is 10.6 Å². The third kappa shape index (κ3) is 7.07. The first kappa shape index (κ1) is 16.3. The van der Waals surface area contributed by atoms with Gasteiger partial charge in [-0.2, -0.15) is 0 Å². The van der Waals surface area contributed by atoms with Crippen LogP contribution in [0.1, 0.15) is 38.5 Å². The molecule has 0 spiro atoms. The zero-order valence-electron chi connectivity index (χ0n) is 13.2. The molecule has 22 heavy (non-hydrogen) atoms. The van der Waals surface area contributed by atoms with Crippen LogP contribution in [0.15, 0.2) is 49.1 Å². The van der Waals surface area contributed by atoms with Crippen LogP contribution in [0, 0.1) is 0 Å². The third-order valence-electron chi connectivity index (χ3n) is 3.62. The summed E-state index contributed by atoms with van der Waals surface area (Å²) in [7, 11) is 0. The van der Waals surface area contributed by atoms with Gasteiger partial charge in [-0.05, 0) is 37.1 Å². The number of nitrogens with one attached hydrogen (secondary N) is 2. The number of aromatic nitrogens is 2. The molecule has 4 heteroatoms. The number of hydrogen-bond donors (Lipinski definition) is 2. The Morgan fingerprint density at radius 2 is 0.909 bits per heavy atom. The molecule has 2 N–H and O–H groups in total. The Morgan fingerprint density at radius 1 is 0.545 bits per heavy atom. The second kappa shape index (κ2) is 10.6. The molecule has 2 aromatic heterocycles. The fourth-order valence-corrected chi connectivity index (χ4v) is 2.36. The van der Waals surface area contributed by atoms with Gasteiger partial charge in [0.05, 0.1) is 0 Å². The quantitative estimate of drug-likeness (QED) is 0.606. The van der Waals surface area contributed by atoms with Crippen molar-refractivity contribution in [2.24, 2.45) is 0 Å². The average molecular weight is 298 g/mol. The van der Waals surface area contributed by atoms with E-state index in [4.69, 9.17) is 0 Å². The third-order valence-corrected chi connectivity index (χ3v) is 3.62. The van der Waals surface area contributed by atoms with Crippen molar-refractivity contribution in [2.75, 3.05) is 23.7 Å². The molecule has 118 valence electrons. The highest BCUT2D eigenvalue weighted by Gasteiger charge is 1.94. The minimum atomic E-state index is 1.05. The normalized spacial score (nSPS) is 10.4. The van der Waals surface area contributed by atoms with Gasteiger partial charge in [0.1, 0.15) is 0 Å². The van der Waals surface area contributed by atoms with Gasteiger partial charge in [0, 0.05) is 49.3 Å². The fraction of sp³-hybridized carbons (Fsp3) is 0.444. The zero-order chi connectivity index (χ0) is 15.3. The lowest BCUT2D eigenvalue weighted by Crippen LogP contribution is -2.02. The summed E-state index contributed by atoms with van der Waals surface area (Å²) in [6.45, 7) is 2.10. The molecule has 2 rings (SSSR count). The topological polar surface area (TPSA) is 49.8 Å². The number of rotatable bonds is 11. The van der Waals surface area contributed by atoms with E-state index < -0.39 is 0 Å². The van der Waals surface area contributed by atoms with E-state index in [0.29, 0.717) is 0 Å². The predicted molar refractivity (Wildman–Crippen MR) is 93.2 cm³/mol. The smallest absolute Gasteiger partial charge is 0.0371 e. The molecule has 0 fully saturated rings. The van der Waals surface area contributed by atoms with Gasteiger partial charge in [0.15, 0.2) is 0 Å². The van der Waals surface area contributed by atoms with Crippen molar-refractivity contribution in [3.8, 4) is 0 Å². The summed E-state index contributed by atoms with van der Waals surface area (Å²) in [6, 6.07) is 8.04. The van der Waals surface area contributed by atoms with Crippen molar-refractivity contribution in [2.45, 2.75) is 38.5 Å². The van der Waals surface area contributed by atoms with E-state index in [1.807, 2.05) is 49.1 Å². The molecule has 0 aliphatic carbocycles. The molecular weight excluding hydrogens is 272 g/mol. The molecule has 0 amide bonds. The maximum Gasteiger partial charge on any atom is 0.0371 e. The lowest BCUT2D eigenvalue weighted by molar-refractivity contribution is 0.610. The standard InChI is InChI=1S/C18H26N4/c1(3-5-11-21-17-7-13-19-14-8-17)2-4-6-12-22-18-9-15-20-16-10-18/h7-10,13-16H,1-6,11-12H2,(H,19,21)(H,20,22). The summed E-state index contributed by atoms with van der Waals surface area (Å²) in [5, 5.41) is 6.84. The zero-order valence-corrected chi connectivity index (χ0v) is 13.2. The molecule has 2 heterocycles. The first-order valence-corrected chi connectivity index (χ1v) is 8.23. The summed E-state index contributed by atoms with van der Waals surface area (Å²) < 4.78 is 0. The van der Waals surface area contributed by atoms with E-state index in [0.717, 1.165) is 24.5 Å². The summed E-state index contributed by atoms with van der Waals surface area (Å²) in [5.74, 6) is 0. The first-order chi connectivity index (χ1) is 10.9. The van der Waals surface area contributed by atoms with E-state index in [2.05, 4.69) is 20.6 Å². The monoisotopic (exact) mass is 298 g/mol. The summed E-state index contributed by atoms with van der Waals surface area (Å²) in [5.41, 5.74) is 2.33. The van der Waals surface area contributed by atoms with E-state index in [-0.39, 0.29) is 0 Å². The largest absolute Gasteiger partial charge is 0.385 e. The van der Waals surface area contributed by atoms with Crippen molar-refractivity contribution in [3.63, 3.8) is 0 Å². The lowest BCUT2D eigenvalue weighted by Gasteiger charge is -2.07. The molecule has 4 nitrogen and oxygen atoms in total. The summed E-state index contributed by atoms with van der Waals surface area (Å²) in [6.07, 6.45) is 15.0. The van der Waals surface area contributed by atoms with Crippen LogP contribution in [-0.4, -0.2) is 23.1 Å². The molecule has 0 saturated heterocycles. The number of hydrogen-bond acceptors (Lipinski definition) is 4. The molecule has 0 radical (unpaired) electrons. The molecule has 0 bridgehead atoms. The van der Waals surface area contributed by atoms with Gasteiger partial charge in [0.2, 0.25) is 0 Å². The molecule has 0 unspecified atom stereocenters. The maximum atomic E-state index is 4.01. The Morgan fingerprint density at radius 3 is 1.32 bits per heavy atom. The predicted octanol–water partition coefficient (Wildman–Crippen LogP) is 4.34. The molecule has 0 atom stereocenters. The Kier molecular flexibility index (Phi) is 7.84. The second-order valence-corrected chi connectivity index (χ2v) is 5.45. The van der Waals surface area contributed by atoms with Crippen LogP contribution in [0.3, 0.4) is 0 Å². The Hall–Kier alpha value is -2.10. The number of unbranched alkanes of at least 4 members (excludes halogenated alkanes) is 5. The number of anilines is 2. The minimum absolute atomic E-state index is 1.05. The van der Waals surface area contributed by atoms with Crippen molar-refractivity contribution >= 4 is 11.4 Å². The van der Waals surface area contributed by atoms with Crippen LogP contribution in [0.5, 0.6) is 0 Å². The highest BCUT2D eigenvalue weighted by atomic mass is 14.9. The van der Waals surface area contributed by atoms with Crippen molar-refractivity contribution < 1.29 is 0 Å². The second-order valence-electron chi connectivity index (χ2n) is 5.45. The van der Waals surface area contributed by atoms with E-state index >= 15 is 0 Å². The van der Waals surface area contributed by atoms with E-state index in [9.17, 15) is 0 Å². The highest BCUT2D eigenvalue weighted by Crippen LogP contribution is 2.08. The minimum Gasteiger partial charge on any atom is -0.385 e. The van der Waals surface area contributed by atoms with Crippen LogP contribution in [0.2, 0.25) is 0 Å². The average Bonchev–Trinajstić information content (AvgIpc) is 2.58. The highest BCUT2D eigenvalue weighted by molar-refractivity contribution is 5.41. The van der Waals surface area contributed by atoms with Gasteiger partial charge in [-0.3, -0.25) is 9.97 Å². The van der Waals surface area contributed by atoms with Crippen LogP contribution in [0.25, 0.3) is 0 Å². The Bertz CT molecular complexity index is 439. The van der Waals surface area contributed by atoms with Crippen LogP contribution in [0.4, 0.5) is 11.4 Å². The van der Waals surface area contributed by atoms with Crippen molar-refractivity contribution in [1.29, 1.82) is 0 Å². The Balaban J connectivity index is 1.37. The van der Waals surface area contributed by atoms with Gasteiger partial charge in [-0.1, -0.05) is 25.7 Å². The molecule has 2 aromatic rings. The van der Waals surface area contributed by atoms with E-state index in [1.165, 1.54) is 38.5 Å². The van der Waals surface area contributed by atoms with Crippen molar-refractivity contribution in [3.05, 3.63) is 49.1 Å². The van der Waals surface area contributed by atoms with Gasteiger partial charge < -0.3 is 10.6 Å². The SMILES string of the molecule is c1cc(NCCCCCCCCNc2ccncc2)ccn1. The summed E-state index contributed by atoms with van der Waals surface area (Å²) in [4.78, 5) is 8.02. The van der Waals surface area contributed by atoms with Crippen LogP contribution >= 0.6 is 0 Å². The summed E-state index contributed by atoms with van der Waals surface area (Å²) >= 11 is 0.